The molecular weight excluding hydrogens is 288 g/mol. The molecule has 0 saturated carbocycles. The first-order chi connectivity index (χ1) is 9.56. The number of hydrogen-bond donors (Lipinski definition) is 2. The van der Waals surface area contributed by atoms with Crippen LogP contribution in [0.4, 0.5) is 5.69 Å². The molecule has 0 aliphatic carbocycles. The Morgan fingerprint density at radius 2 is 2.35 bits per heavy atom. The zero-order valence-corrected chi connectivity index (χ0v) is 13.7. The molecule has 1 unspecified atom stereocenters. The van der Waals surface area contributed by atoms with Crippen molar-refractivity contribution in [1.82, 2.24) is 0 Å². The number of benzene rings is 1. The molecule has 1 aromatic carbocycles. The molecule has 0 aromatic heterocycles. The maximum absolute atomic E-state index is 5.91. The third kappa shape index (κ3) is 3.65. The van der Waals surface area contributed by atoms with Crippen LogP contribution in [0.2, 0.25) is 0 Å². The third-order valence-corrected chi connectivity index (χ3v) is 4.67. The van der Waals surface area contributed by atoms with Gasteiger partial charge in [0.25, 0.3) is 0 Å². The van der Waals surface area contributed by atoms with Crippen molar-refractivity contribution >= 4 is 34.7 Å². The normalized spacial score (nSPS) is 21.9. The second kappa shape index (κ2) is 6.78. The van der Waals surface area contributed by atoms with Crippen LogP contribution in [0.5, 0.6) is 0 Å². The fourth-order valence-electron chi connectivity index (χ4n) is 2.47. The van der Waals surface area contributed by atoms with Crippen molar-refractivity contribution in [3.8, 4) is 0 Å². The molecule has 1 aliphatic heterocycles. The molecule has 1 fully saturated rings. The van der Waals surface area contributed by atoms with Crippen LogP contribution < -0.4 is 11.1 Å². The highest BCUT2D eigenvalue weighted by atomic mass is 32.2. The first kappa shape index (κ1) is 15.6. The Balaban J connectivity index is 2.18. The molecule has 3 nitrogen and oxygen atoms in total. The second-order valence-corrected chi connectivity index (χ2v) is 6.98. The molecular formula is C15H22N2OS2. The second-order valence-electron chi connectivity index (χ2n) is 5.23. The third-order valence-electron chi connectivity index (χ3n) is 3.53. The summed E-state index contributed by atoms with van der Waals surface area (Å²) in [6.45, 7) is 5.91. The van der Waals surface area contributed by atoms with E-state index in [4.69, 9.17) is 22.7 Å². The molecule has 0 radical (unpaired) electrons. The van der Waals surface area contributed by atoms with Gasteiger partial charge in [-0.15, -0.1) is 11.8 Å². The summed E-state index contributed by atoms with van der Waals surface area (Å²) in [5, 5.41) is 3.47. The fraction of sp³-hybridized carbons (Fsp3) is 0.533. The van der Waals surface area contributed by atoms with E-state index in [1.165, 1.54) is 0 Å². The van der Waals surface area contributed by atoms with E-state index in [2.05, 4.69) is 25.2 Å². The maximum atomic E-state index is 5.91. The number of nitrogens with one attached hydrogen (secondary N) is 1. The topological polar surface area (TPSA) is 47.3 Å². The van der Waals surface area contributed by atoms with Crippen molar-refractivity contribution in [1.29, 1.82) is 0 Å². The number of ether oxygens (including phenoxy) is 1. The van der Waals surface area contributed by atoms with E-state index < -0.39 is 0 Å². The van der Waals surface area contributed by atoms with Crippen LogP contribution in [0.25, 0.3) is 0 Å². The molecule has 1 atom stereocenters. The largest absolute Gasteiger partial charge is 0.389 e. The van der Waals surface area contributed by atoms with Gasteiger partial charge in [0.15, 0.2) is 0 Å². The molecule has 2 rings (SSSR count). The molecule has 20 heavy (non-hydrogen) atoms. The van der Waals surface area contributed by atoms with Gasteiger partial charge in [0.1, 0.15) is 4.99 Å². The van der Waals surface area contributed by atoms with Gasteiger partial charge in [-0.2, -0.15) is 0 Å². The van der Waals surface area contributed by atoms with Crippen molar-refractivity contribution in [2.45, 2.75) is 37.2 Å². The zero-order chi connectivity index (χ0) is 14.6. The van der Waals surface area contributed by atoms with Gasteiger partial charge in [-0.05, 0) is 37.7 Å². The summed E-state index contributed by atoms with van der Waals surface area (Å²) in [5.74, 6) is 1.000. The first-order valence-corrected chi connectivity index (χ1v) is 8.38. The van der Waals surface area contributed by atoms with Gasteiger partial charge in [-0.3, -0.25) is 0 Å². The minimum atomic E-state index is -0.0820. The van der Waals surface area contributed by atoms with Crippen LogP contribution in [0.1, 0.15) is 32.3 Å². The van der Waals surface area contributed by atoms with Crippen LogP contribution >= 0.6 is 24.0 Å². The number of nitrogens with two attached hydrogens (primary N) is 1. The molecule has 1 heterocycles. The highest BCUT2D eigenvalue weighted by Gasteiger charge is 2.29. The molecule has 5 heteroatoms. The van der Waals surface area contributed by atoms with Crippen LogP contribution in [0.3, 0.4) is 0 Å². The quantitative estimate of drug-likeness (QED) is 0.623. The zero-order valence-electron chi connectivity index (χ0n) is 12.1. The lowest BCUT2D eigenvalue weighted by molar-refractivity contribution is 0.0315. The van der Waals surface area contributed by atoms with E-state index >= 15 is 0 Å². The Hall–Kier alpha value is -0.780. The molecule has 1 aliphatic rings. The predicted molar refractivity (Wildman–Crippen MR) is 90.8 cm³/mol. The van der Waals surface area contributed by atoms with Crippen LogP contribution in [-0.4, -0.2) is 29.5 Å². The average molecular weight is 310 g/mol. The monoisotopic (exact) mass is 310 g/mol. The smallest absolute Gasteiger partial charge is 0.107 e. The van der Waals surface area contributed by atoms with Crippen LogP contribution in [0.15, 0.2) is 23.1 Å². The van der Waals surface area contributed by atoms with Gasteiger partial charge < -0.3 is 15.8 Å². The van der Waals surface area contributed by atoms with Crippen molar-refractivity contribution in [2.24, 2.45) is 5.73 Å². The lowest BCUT2D eigenvalue weighted by Crippen LogP contribution is -2.33. The number of thiocarbonyl (C=S) groups is 1. The molecule has 1 saturated heterocycles. The number of hydrogen-bond acceptors (Lipinski definition) is 4. The summed E-state index contributed by atoms with van der Waals surface area (Å²) in [7, 11) is 0. The van der Waals surface area contributed by atoms with Gasteiger partial charge >= 0.3 is 0 Å². The van der Waals surface area contributed by atoms with E-state index in [1.54, 1.807) is 11.8 Å². The molecule has 3 N–H and O–H groups in total. The number of rotatable bonds is 6. The van der Waals surface area contributed by atoms with E-state index in [1.807, 2.05) is 12.1 Å². The van der Waals surface area contributed by atoms with E-state index in [0.717, 1.165) is 47.9 Å². The average Bonchev–Trinajstić information content (AvgIpc) is 2.84. The van der Waals surface area contributed by atoms with Gasteiger partial charge in [0, 0.05) is 29.3 Å². The first-order valence-electron chi connectivity index (χ1n) is 6.99. The molecule has 110 valence electrons. The van der Waals surface area contributed by atoms with Gasteiger partial charge in [0.2, 0.25) is 0 Å². The summed E-state index contributed by atoms with van der Waals surface area (Å²) in [6.07, 6.45) is 2.22. The summed E-state index contributed by atoms with van der Waals surface area (Å²) in [5.41, 5.74) is 7.79. The maximum Gasteiger partial charge on any atom is 0.107 e. The SMILES string of the molecule is CCSc1cccc(NCC2(C)CCCO2)c1C(N)=S. The Bertz CT molecular complexity index is 485. The Morgan fingerprint density at radius 1 is 1.55 bits per heavy atom. The predicted octanol–water partition coefficient (Wildman–Crippen LogP) is 3.41. The van der Waals surface area contributed by atoms with Gasteiger partial charge in [-0.1, -0.05) is 25.2 Å². The molecule has 0 amide bonds. The summed E-state index contributed by atoms with van der Waals surface area (Å²) >= 11 is 6.98. The van der Waals surface area contributed by atoms with Gasteiger partial charge in [0.05, 0.1) is 5.60 Å². The summed E-state index contributed by atoms with van der Waals surface area (Å²) in [6, 6.07) is 6.15. The lowest BCUT2D eigenvalue weighted by atomic mass is 10.0. The van der Waals surface area contributed by atoms with Crippen molar-refractivity contribution in [3.63, 3.8) is 0 Å². The standard InChI is InChI=1S/C15H22N2OS2/c1-3-20-12-7-4-6-11(13(12)14(16)19)17-10-15(2)8-5-9-18-15/h4,6-7,17H,3,5,8-10H2,1-2H3,(H2,16,19). The minimum absolute atomic E-state index is 0.0820. The number of thioether (sulfide) groups is 1. The Labute approximate surface area is 130 Å². The lowest BCUT2D eigenvalue weighted by Gasteiger charge is -2.25. The highest BCUT2D eigenvalue weighted by Crippen LogP contribution is 2.30. The van der Waals surface area contributed by atoms with Crippen LogP contribution in [-0.2, 0) is 4.74 Å². The molecule has 0 bridgehead atoms. The highest BCUT2D eigenvalue weighted by molar-refractivity contribution is 7.99. The summed E-state index contributed by atoms with van der Waals surface area (Å²) < 4.78 is 5.81. The van der Waals surface area contributed by atoms with E-state index in [0.29, 0.717) is 4.99 Å². The van der Waals surface area contributed by atoms with Crippen molar-refractivity contribution < 1.29 is 4.74 Å². The van der Waals surface area contributed by atoms with Crippen molar-refractivity contribution in [2.75, 3.05) is 24.2 Å². The molecule has 1 aromatic rings. The van der Waals surface area contributed by atoms with Crippen molar-refractivity contribution in [3.05, 3.63) is 23.8 Å². The van der Waals surface area contributed by atoms with E-state index in [-0.39, 0.29) is 5.60 Å². The number of anilines is 1. The Morgan fingerprint density at radius 3 is 2.95 bits per heavy atom. The molecule has 0 spiro atoms. The Kier molecular flexibility index (Phi) is 5.29. The van der Waals surface area contributed by atoms with Crippen LogP contribution in [0, 0.1) is 0 Å². The minimum Gasteiger partial charge on any atom is -0.389 e. The summed E-state index contributed by atoms with van der Waals surface area (Å²) in [4.78, 5) is 1.59. The fourth-order valence-corrected chi connectivity index (χ4v) is 3.60. The van der Waals surface area contributed by atoms with E-state index in [9.17, 15) is 0 Å². The van der Waals surface area contributed by atoms with Gasteiger partial charge in [-0.25, -0.2) is 0 Å².